The number of hydrogen-bond acceptors (Lipinski definition) is 1. The summed E-state index contributed by atoms with van der Waals surface area (Å²) in [4.78, 5) is 1.40. The standard InChI is InChI=1S/C12H15BrF3N/c1-9(2)17(8-12(14,15)16)7-10-5-3-4-6-11(10)13/h3-6,9H,7-8H2,1-2H3. The van der Waals surface area contributed by atoms with E-state index in [1.54, 1.807) is 13.8 Å². The van der Waals surface area contributed by atoms with E-state index in [9.17, 15) is 13.2 Å². The summed E-state index contributed by atoms with van der Waals surface area (Å²) in [6.45, 7) is 2.94. The van der Waals surface area contributed by atoms with Crippen LogP contribution in [0.2, 0.25) is 0 Å². The highest BCUT2D eigenvalue weighted by molar-refractivity contribution is 9.10. The summed E-state index contributed by atoms with van der Waals surface area (Å²) in [5.41, 5.74) is 0.866. The molecule has 0 spiro atoms. The van der Waals surface area contributed by atoms with Gasteiger partial charge in [-0.3, -0.25) is 4.90 Å². The van der Waals surface area contributed by atoms with Gasteiger partial charge in [-0.1, -0.05) is 34.1 Å². The monoisotopic (exact) mass is 309 g/mol. The molecule has 0 N–H and O–H groups in total. The SMILES string of the molecule is CC(C)N(Cc1ccccc1Br)CC(F)(F)F. The topological polar surface area (TPSA) is 3.24 Å². The smallest absolute Gasteiger partial charge is 0.288 e. The number of alkyl halides is 3. The van der Waals surface area contributed by atoms with Crippen LogP contribution in [0.4, 0.5) is 13.2 Å². The third kappa shape index (κ3) is 5.08. The van der Waals surface area contributed by atoms with Gasteiger partial charge in [0.1, 0.15) is 0 Å². The van der Waals surface area contributed by atoms with E-state index in [1.807, 2.05) is 24.3 Å². The predicted octanol–water partition coefficient (Wildman–Crippen LogP) is 4.22. The lowest BCUT2D eigenvalue weighted by molar-refractivity contribution is -0.150. The van der Waals surface area contributed by atoms with Gasteiger partial charge in [0.05, 0.1) is 6.54 Å². The predicted molar refractivity (Wildman–Crippen MR) is 65.7 cm³/mol. The minimum absolute atomic E-state index is 0.149. The highest BCUT2D eigenvalue weighted by atomic mass is 79.9. The van der Waals surface area contributed by atoms with Crippen LogP contribution in [-0.4, -0.2) is 23.7 Å². The van der Waals surface area contributed by atoms with Crippen LogP contribution < -0.4 is 0 Å². The summed E-state index contributed by atoms with van der Waals surface area (Å²) < 4.78 is 38.1. The quantitative estimate of drug-likeness (QED) is 0.805. The summed E-state index contributed by atoms with van der Waals surface area (Å²) >= 11 is 3.35. The molecular formula is C12H15BrF3N. The molecule has 0 bridgehead atoms. The van der Waals surface area contributed by atoms with Gasteiger partial charge in [0.25, 0.3) is 0 Å². The van der Waals surface area contributed by atoms with E-state index in [2.05, 4.69) is 15.9 Å². The maximum atomic E-state index is 12.4. The molecule has 0 aromatic heterocycles. The molecule has 0 amide bonds. The van der Waals surface area contributed by atoms with Gasteiger partial charge in [-0.15, -0.1) is 0 Å². The van der Waals surface area contributed by atoms with Crippen molar-refractivity contribution < 1.29 is 13.2 Å². The number of nitrogens with zero attached hydrogens (tertiary/aromatic N) is 1. The minimum atomic E-state index is -4.16. The fourth-order valence-corrected chi connectivity index (χ4v) is 1.91. The van der Waals surface area contributed by atoms with Crippen LogP contribution in [0.3, 0.4) is 0 Å². The fourth-order valence-electron chi connectivity index (χ4n) is 1.50. The van der Waals surface area contributed by atoms with Gasteiger partial charge >= 0.3 is 6.18 Å². The third-order valence-electron chi connectivity index (χ3n) is 2.44. The summed E-state index contributed by atoms with van der Waals surface area (Å²) in [6, 6.07) is 7.18. The summed E-state index contributed by atoms with van der Waals surface area (Å²) in [5, 5.41) is 0. The van der Waals surface area contributed by atoms with Crippen molar-refractivity contribution in [3.8, 4) is 0 Å². The van der Waals surface area contributed by atoms with Crippen molar-refractivity contribution in [3.05, 3.63) is 34.3 Å². The minimum Gasteiger partial charge on any atom is -0.288 e. The molecule has 1 nitrogen and oxygen atoms in total. The average molecular weight is 310 g/mol. The summed E-state index contributed by atoms with van der Waals surface area (Å²) in [7, 11) is 0. The Morgan fingerprint density at radius 2 is 1.82 bits per heavy atom. The normalized spacial score (nSPS) is 12.5. The first kappa shape index (κ1) is 14.5. The van der Waals surface area contributed by atoms with Crippen LogP contribution in [0.25, 0.3) is 0 Å². The van der Waals surface area contributed by atoms with Crippen LogP contribution in [-0.2, 0) is 6.54 Å². The maximum absolute atomic E-state index is 12.4. The Kier molecular flexibility index (Phi) is 5.01. The van der Waals surface area contributed by atoms with E-state index < -0.39 is 12.7 Å². The summed E-state index contributed by atoms with van der Waals surface area (Å²) in [5.74, 6) is 0. The van der Waals surface area contributed by atoms with Gasteiger partial charge in [0.15, 0.2) is 0 Å². The molecule has 1 aromatic rings. The van der Waals surface area contributed by atoms with Crippen molar-refractivity contribution in [3.63, 3.8) is 0 Å². The molecule has 0 fully saturated rings. The van der Waals surface area contributed by atoms with Crippen LogP contribution in [0, 0.1) is 0 Å². The van der Waals surface area contributed by atoms with Crippen molar-refractivity contribution in [2.75, 3.05) is 6.54 Å². The van der Waals surface area contributed by atoms with Gasteiger partial charge in [-0.25, -0.2) is 0 Å². The second-order valence-corrected chi connectivity index (χ2v) is 5.06. The second-order valence-electron chi connectivity index (χ2n) is 4.21. The van der Waals surface area contributed by atoms with E-state index in [4.69, 9.17) is 0 Å². The van der Waals surface area contributed by atoms with Crippen LogP contribution >= 0.6 is 15.9 Å². The Morgan fingerprint density at radius 3 is 2.29 bits per heavy atom. The number of hydrogen-bond donors (Lipinski definition) is 0. The number of benzene rings is 1. The Hall–Kier alpha value is -0.550. The van der Waals surface area contributed by atoms with Gasteiger partial charge in [-0.05, 0) is 25.5 Å². The zero-order valence-corrected chi connectivity index (χ0v) is 11.3. The molecule has 0 saturated heterocycles. The zero-order valence-electron chi connectivity index (χ0n) is 9.76. The van der Waals surface area contributed by atoms with Crippen molar-refractivity contribution in [1.82, 2.24) is 4.90 Å². The van der Waals surface area contributed by atoms with E-state index in [0.717, 1.165) is 10.0 Å². The van der Waals surface area contributed by atoms with Crippen molar-refractivity contribution in [2.45, 2.75) is 32.6 Å². The van der Waals surface area contributed by atoms with Crippen LogP contribution in [0.15, 0.2) is 28.7 Å². The lowest BCUT2D eigenvalue weighted by atomic mass is 10.2. The van der Waals surface area contributed by atoms with Crippen molar-refractivity contribution in [2.24, 2.45) is 0 Å². The van der Waals surface area contributed by atoms with Crippen molar-refractivity contribution >= 4 is 15.9 Å². The Bertz CT molecular complexity index is 363. The molecule has 0 aliphatic rings. The zero-order chi connectivity index (χ0) is 13.1. The molecule has 0 atom stereocenters. The Balaban J connectivity index is 2.78. The second kappa shape index (κ2) is 5.87. The van der Waals surface area contributed by atoms with Gasteiger partial charge < -0.3 is 0 Å². The lowest BCUT2D eigenvalue weighted by Crippen LogP contribution is -2.38. The first-order valence-electron chi connectivity index (χ1n) is 5.34. The maximum Gasteiger partial charge on any atom is 0.401 e. The van der Waals surface area contributed by atoms with Gasteiger partial charge in [-0.2, -0.15) is 13.2 Å². The van der Waals surface area contributed by atoms with E-state index in [1.165, 1.54) is 4.90 Å². The van der Waals surface area contributed by atoms with E-state index >= 15 is 0 Å². The number of halogens is 4. The van der Waals surface area contributed by atoms with Crippen LogP contribution in [0.1, 0.15) is 19.4 Å². The highest BCUT2D eigenvalue weighted by Gasteiger charge is 2.31. The number of rotatable bonds is 4. The molecule has 96 valence electrons. The molecule has 17 heavy (non-hydrogen) atoms. The third-order valence-corrected chi connectivity index (χ3v) is 3.22. The molecule has 0 saturated carbocycles. The Labute approximate surface area is 108 Å². The first-order valence-corrected chi connectivity index (χ1v) is 6.13. The molecule has 0 aliphatic carbocycles. The largest absolute Gasteiger partial charge is 0.401 e. The van der Waals surface area contributed by atoms with Crippen LogP contribution in [0.5, 0.6) is 0 Å². The molecule has 0 radical (unpaired) electrons. The van der Waals surface area contributed by atoms with E-state index in [-0.39, 0.29) is 6.04 Å². The lowest BCUT2D eigenvalue weighted by Gasteiger charge is -2.27. The Morgan fingerprint density at radius 1 is 1.24 bits per heavy atom. The average Bonchev–Trinajstić information content (AvgIpc) is 2.18. The van der Waals surface area contributed by atoms with Gasteiger partial charge in [0.2, 0.25) is 0 Å². The molecule has 0 unspecified atom stereocenters. The summed E-state index contributed by atoms with van der Waals surface area (Å²) in [6.07, 6.45) is -4.16. The highest BCUT2D eigenvalue weighted by Crippen LogP contribution is 2.23. The molecule has 0 heterocycles. The van der Waals surface area contributed by atoms with E-state index in [0.29, 0.717) is 6.54 Å². The van der Waals surface area contributed by atoms with Crippen molar-refractivity contribution in [1.29, 1.82) is 0 Å². The molecule has 5 heteroatoms. The molecule has 1 aromatic carbocycles. The molecular weight excluding hydrogens is 295 g/mol. The fraction of sp³-hybridized carbons (Fsp3) is 0.500. The first-order chi connectivity index (χ1) is 7.79. The van der Waals surface area contributed by atoms with Gasteiger partial charge in [0, 0.05) is 17.1 Å². The molecule has 0 aliphatic heterocycles. The molecule has 1 rings (SSSR count).